The Balaban J connectivity index is 1.64. The van der Waals surface area contributed by atoms with E-state index in [-0.39, 0.29) is 18.9 Å². The second-order valence-electron chi connectivity index (χ2n) is 7.22. The van der Waals surface area contributed by atoms with E-state index in [4.69, 9.17) is 4.74 Å². The van der Waals surface area contributed by atoms with Gasteiger partial charge in [-0.1, -0.05) is 42.5 Å². The van der Waals surface area contributed by atoms with Crippen molar-refractivity contribution >= 4 is 38.1 Å². The minimum atomic E-state index is -3.49. The van der Waals surface area contributed by atoms with Crippen LogP contribution in [0.5, 0.6) is 5.75 Å². The Kier molecular flexibility index (Phi) is 4.92. The van der Waals surface area contributed by atoms with Gasteiger partial charge in [-0.2, -0.15) is 0 Å². The molecule has 0 spiro atoms. The first kappa shape index (κ1) is 19.3. The van der Waals surface area contributed by atoms with Gasteiger partial charge >= 0.3 is 0 Å². The lowest BCUT2D eigenvalue weighted by atomic mass is 10.1. The fraction of sp³-hybridized carbons (Fsp3) is 0.227. The van der Waals surface area contributed by atoms with Crippen molar-refractivity contribution in [2.45, 2.75) is 19.4 Å². The number of aryl methyl sites for hydroxylation is 1. The normalized spacial score (nSPS) is 16.6. The lowest BCUT2D eigenvalue weighted by Crippen LogP contribution is -2.36. The number of nitrogens with zero attached hydrogens (tertiary/aromatic N) is 1. The molecule has 0 aromatic heterocycles. The number of nitrogens with one attached hydrogen (secondary N) is 1. The molecule has 0 bridgehead atoms. The number of hydrogen-bond acceptors (Lipinski definition) is 4. The van der Waals surface area contributed by atoms with Crippen LogP contribution in [0.1, 0.15) is 12.0 Å². The molecule has 1 heterocycles. The van der Waals surface area contributed by atoms with E-state index in [1.165, 1.54) is 4.31 Å². The van der Waals surface area contributed by atoms with Crippen molar-refractivity contribution in [2.75, 3.05) is 22.4 Å². The lowest BCUT2D eigenvalue weighted by molar-refractivity contribution is -0.122. The highest BCUT2D eigenvalue weighted by Crippen LogP contribution is 2.35. The number of carbonyl (C=O) groups is 1. The van der Waals surface area contributed by atoms with E-state index in [0.29, 0.717) is 17.1 Å². The zero-order valence-corrected chi connectivity index (χ0v) is 17.1. The molecule has 29 heavy (non-hydrogen) atoms. The topological polar surface area (TPSA) is 75.7 Å². The first-order valence-corrected chi connectivity index (χ1v) is 11.2. The first-order chi connectivity index (χ1) is 13.8. The van der Waals surface area contributed by atoms with Gasteiger partial charge in [0.1, 0.15) is 5.75 Å². The Morgan fingerprint density at radius 2 is 1.86 bits per heavy atom. The van der Waals surface area contributed by atoms with Crippen LogP contribution >= 0.6 is 0 Å². The van der Waals surface area contributed by atoms with E-state index in [0.717, 1.165) is 22.6 Å². The van der Waals surface area contributed by atoms with Crippen molar-refractivity contribution in [3.8, 4) is 5.75 Å². The van der Waals surface area contributed by atoms with Crippen LogP contribution in [-0.4, -0.2) is 33.2 Å². The molecule has 0 radical (unpaired) electrons. The lowest BCUT2D eigenvalue weighted by Gasteiger charge is -2.21. The number of sulfonamides is 1. The maximum atomic E-state index is 13.0. The number of amides is 1. The van der Waals surface area contributed by atoms with Crippen LogP contribution in [0.3, 0.4) is 0 Å². The van der Waals surface area contributed by atoms with Crippen molar-refractivity contribution in [3.63, 3.8) is 0 Å². The third kappa shape index (κ3) is 3.91. The predicted octanol–water partition coefficient (Wildman–Crippen LogP) is 3.70. The maximum absolute atomic E-state index is 13.0. The number of anilines is 2. The molecule has 0 aliphatic carbocycles. The Hall–Kier alpha value is -3.06. The molecule has 0 saturated heterocycles. The van der Waals surface area contributed by atoms with E-state index in [2.05, 4.69) is 5.32 Å². The van der Waals surface area contributed by atoms with Crippen molar-refractivity contribution in [2.24, 2.45) is 0 Å². The Morgan fingerprint density at radius 3 is 2.66 bits per heavy atom. The summed E-state index contributed by atoms with van der Waals surface area (Å²) in [5.41, 5.74) is 2.08. The van der Waals surface area contributed by atoms with Crippen molar-refractivity contribution in [1.82, 2.24) is 0 Å². The van der Waals surface area contributed by atoms with Crippen molar-refractivity contribution in [3.05, 3.63) is 66.2 Å². The standard InChI is InChI=1S/C22H22N2O4S/c1-15-10-11-20-19(14-15)24(29(2,26)27)13-12-21(28-20)22(25)23-18-9-5-7-16-6-3-4-8-17(16)18/h3-11,14,21H,12-13H2,1-2H3,(H,23,25)/t21-/m0/s1. The summed E-state index contributed by atoms with van der Waals surface area (Å²) in [7, 11) is -3.49. The van der Waals surface area contributed by atoms with Crippen LogP contribution in [0.15, 0.2) is 60.7 Å². The van der Waals surface area contributed by atoms with Gasteiger partial charge in [0.15, 0.2) is 6.10 Å². The molecule has 0 saturated carbocycles. The van der Waals surface area contributed by atoms with Crippen LogP contribution in [0.4, 0.5) is 11.4 Å². The molecule has 1 amide bonds. The van der Waals surface area contributed by atoms with Crippen LogP contribution in [0.25, 0.3) is 10.8 Å². The van der Waals surface area contributed by atoms with Gasteiger partial charge in [0.2, 0.25) is 10.0 Å². The average molecular weight is 410 g/mol. The molecule has 150 valence electrons. The first-order valence-electron chi connectivity index (χ1n) is 9.36. The van der Waals surface area contributed by atoms with Gasteiger partial charge in [-0.3, -0.25) is 9.10 Å². The molecule has 3 aromatic rings. The van der Waals surface area contributed by atoms with Crippen LogP contribution in [-0.2, 0) is 14.8 Å². The summed E-state index contributed by atoms with van der Waals surface area (Å²) in [5.74, 6) is 0.0832. The van der Waals surface area contributed by atoms with Gasteiger partial charge in [0.05, 0.1) is 11.9 Å². The Labute approximate surface area is 170 Å². The SMILES string of the molecule is Cc1ccc2c(c1)N(S(C)(=O)=O)CC[C@@H](C(=O)Nc1cccc3ccccc13)O2. The minimum Gasteiger partial charge on any atom is -0.478 e. The third-order valence-electron chi connectivity index (χ3n) is 4.99. The zero-order chi connectivity index (χ0) is 20.6. The van der Waals surface area contributed by atoms with E-state index >= 15 is 0 Å². The number of ether oxygens (including phenoxy) is 1. The number of fused-ring (bicyclic) bond motifs is 2. The highest BCUT2D eigenvalue weighted by atomic mass is 32.2. The summed E-state index contributed by atoms with van der Waals surface area (Å²) in [4.78, 5) is 13.0. The monoisotopic (exact) mass is 410 g/mol. The van der Waals surface area contributed by atoms with Gasteiger partial charge in [-0.25, -0.2) is 8.42 Å². The predicted molar refractivity (Wildman–Crippen MR) is 115 cm³/mol. The highest BCUT2D eigenvalue weighted by molar-refractivity contribution is 7.92. The van der Waals surface area contributed by atoms with E-state index < -0.39 is 16.1 Å². The molecular formula is C22H22N2O4S. The third-order valence-corrected chi connectivity index (χ3v) is 6.17. The van der Waals surface area contributed by atoms with Crippen LogP contribution in [0.2, 0.25) is 0 Å². The van der Waals surface area contributed by atoms with Gasteiger partial charge < -0.3 is 10.1 Å². The summed E-state index contributed by atoms with van der Waals surface area (Å²) in [6, 6.07) is 18.8. The fourth-order valence-corrected chi connectivity index (χ4v) is 4.50. The molecular weight excluding hydrogens is 388 g/mol. The molecule has 0 fully saturated rings. The molecule has 3 aromatic carbocycles. The summed E-state index contributed by atoms with van der Waals surface area (Å²) in [6.45, 7) is 2.05. The number of rotatable bonds is 3. The zero-order valence-electron chi connectivity index (χ0n) is 16.3. The molecule has 0 unspecified atom stereocenters. The minimum absolute atomic E-state index is 0.170. The molecule has 1 atom stereocenters. The summed E-state index contributed by atoms with van der Waals surface area (Å²) < 4.78 is 31.9. The highest BCUT2D eigenvalue weighted by Gasteiger charge is 2.31. The van der Waals surface area contributed by atoms with Crippen LogP contribution in [0, 0.1) is 6.92 Å². The van der Waals surface area contributed by atoms with E-state index in [1.807, 2.05) is 55.5 Å². The van der Waals surface area contributed by atoms with E-state index in [1.54, 1.807) is 12.1 Å². The number of hydrogen-bond donors (Lipinski definition) is 1. The van der Waals surface area contributed by atoms with E-state index in [9.17, 15) is 13.2 Å². The van der Waals surface area contributed by atoms with Crippen LogP contribution < -0.4 is 14.4 Å². The Morgan fingerprint density at radius 1 is 1.10 bits per heavy atom. The van der Waals surface area contributed by atoms with Gasteiger partial charge in [-0.15, -0.1) is 0 Å². The summed E-state index contributed by atoms with van der Waals surface area (Å²) in [5, 5.41) is 4.91. The molecule has 4 rings (SSSR count). The Bertz CT molecular complexity index is 1190. The average Bonchev–Trinajstić information content (AvgIpc) is 2.87. The van der Waals surface area contributed by atoms with Gasteiger partial charge in [-0.05, 0) is 36.1 Å². The molecule has 7 heteroatoms. The largest absolute Gasteiger partial charge is 0.478 e. The molecule has 1 N–H and O–H groups in total. The fourth-order valence-electron chi connectivity index (χ4n) is 3.57. The maximum Gasteiger partial charge on any atom is 0.265 e. The van der Waals surface area contributed by atoms with Gasteiger partial charge in [0, 0.05) is 24.0 Å². The molecule has 1 aliphatic heterocycles. The summed E-state index contributed by atoms with van der Waals surface area (Å²) >= 11 is 0. The van der Waals surface area contributed by atoms with Crippen molar-refractivity contribution < 1.29 is 17.9 Å². The van der Waals surface area contributed by atoms with Crippen molar-refractivity contribution in [1.29, 1.82) is 0 Å². The number of benzene rings is 3. The molecule has 6 nitrogen and oxygen atoms in total. The quantitative estimate of drug-likeness (QED) is 0.714. The molecule has 1 aliphatic rings. The smallest absolute Gasteiger partial charge is 0.265 e. The van der Waals surface area contributed by atoms with Gasteiger partial charge in [0.25, 0.3) is 5.91 Å². The number of carbonyl (C=O) groups excluding carboxylic acids is 1. The second kappa shape index (κ2) is 7.40. The second-order valence-corrected chi connectivity index (χ2v) is 9.12. The summed E-state index contributed by atoms with van der Waals surface area (Å²) in [6.07, 6.45) is 0.606.